The summed E-state index contributed by atoms with van der Waals surface area (Å²) in [5.41, 5.74) is 1.13. The van der Waals surface area contributed by atoms with E-state index in [1.165, 1.54) is 0 Å². The molecule has 0 aromatic heterocycles. The Morgan fingerprint density at radius 3 is 2.50 bits per heavy atom. The minimum atomic E-state index is 0.798. The van der Waals surface area contributed by atoms with Crippen molar-refractivity contribution < 1.29 is 0 Å². The summed E-state index contributed by atoms with van der Waals surface area (Å²) in [6.07, 6.45) is 8.04. The van der Waals surface area contributed by atoms with Crippen LogP contribution in [0.1, 0.15) is 20.8 Å². The highest BCUT2D eigenvalue weighted by molar-refractivity contribution is 5.79. The van der Waals surface area contributed by atoms with Gasteiger partial charge in [0.05, 0.1) is 6.54 Å². The van der Waals surface area contributed by atoms with Gasteiger partial charge >= 0.3 is 0 Å². The topological polar surface area (TPSA) is 12.4 Å². The van der Waals surface area contributed by atoms with Crippen LogP contribution in [-0.4, -0.2) is 12.3 Å². The van der Waals surface area contributed by atoms with Gasteiger partial charge in [-0.3, -0.25) is 4.99 Å². The molecule has 0 rings (SSSR count). The summed E-state index contributed by atoms with van der Waals surface area (Å²) < 4.78 is 0. The Labute approximate surface area is 63.2 Å². The van der Waals surface area contributed by atoms with Crippen LogP contribution < -0.4 is 0 Å². The highest BCUT2D eigenvalue weighted by Crippen LogP contribution is 1.80. The van der Waals surface area contributed by atoms with Crippen LogP contribution in [0.25, 0.3) is 0 Å². The fourth-order valence-corrected chi connectivity index (χ4v) is 0.486. The highest BCUT2D eigenvalue weighted by Gasteiger charge is 1.72. The minimum Gasteiger partial charge on any atom is -0.291 e. The fraction of sp³-hybridized carbons (Fsp3) is 0.444. The van der Waals surface area contributed by atoms with Crippen LogP contribution in [-0.2, 0) is 0 Å². The molecule has 0 aromatic carbocycles. The maximum Gasteiger partial charge on any atom is 0.0572 e. The zero-order chi connectivity index (χ0) is 7.82. The molecule has 0 fully saturated rings. The largest absolute Gasteiger partial charge is 0.291 e. The lowest BCUT2D eigenvalue weighted by Crippen LogP contribution is -1.81. The van der Waals surface area contributed by atoms with Gasteiger partial charge in [-0.05, 0) is 20.8 Å². The molecule has 0 aliphatic rings. The quantitative estimate of drug-likeness (QED) is 0.419. The smallest absolute Gasteiger partial charge is 0.0572 e. The van der Waals surface area contributed by atoms with E-state index in [4.69, 9.17) is 0 Å². The minimum absolute atomic E-state index is 0.798. The van der Waals surface area contributed by atoms with Crippen molar-refractivity contribution in [1.29, 1.82) is 0 Å². The molecular formula is C9H15N. The third kappa shape index (κ3) is 7.15. The molecule has 0 saturated heterocycles. The Balaban J connectivity index is 3.45. The highest BCUT2D eigenvalue weighted by atomic mass is 14.7. The van der Waals surface area contributed by atoms with Gasteiger partial charge in [0.2, 0.25) is 0 Å². The van der Waals surface area contributed by atoms with E-state index in [0.29, 0.717) is 0 Å². The van der Waals surface area contributed by atoms with Crippen LogP contribution in [0, 0.1) is 0 Å². The molecule has 0 spiro atoms. The summed E-state index contributed by atoms with van der Waals surface area (Å²) in [6, 6.07) is 0. The zero-order valence-corrected chi connectivity index (χ0v) is 6.96. The summed E-state index contributed by atoms with van der Waals surface area (Å²) in [5.74, 6) is 0. The van der Waals surface area contributed by atoms with Crippen molar-refractivity contribution in [2.75, 3.05) is 6.54 Å². The lowest BCUT2D eigenvalue weighted by molar-refractivity contribution is 1.23. The molecule has 1 heteroatoms. The molecule has 0 saturated carbocycles. The van der Waals surface area contributed by atoms with Crippen LogP contribution in [0.2, 0.25) is 0 Å². The number of hydrogen-bond donors (Lipinski definition) is 0. The van der Waals surface area contributed by atoms with Gasteiger partial charge in [-0.1, -0.05) is 24.3 Å². The first kappa shape index (κ1) is 9.15. The molecule has 0 aliphatic carbocycles. The first-order chi connectivity index (χ1) is 4.77. The molecule has 0 radical (unpaired) electrons. The molecule has 1 nitrogen and oxygen atoms in total. The Morgan fingerprint density at radius 2 is 2.00 bits per heavy atom. The van der Waals surface area contributed by atoms with Gasteiger partial charge in [-0.2, -0.15) is 0 Å². The normalized spacial score (nSPS) is 11.1. The van der Waals surface area contributed by atoms with E-state index in [2.05, 4.69) is 4.99 Å². The maximum atomic E-state index is 4.19. The molecule has 0 atom stereocenters. The second-order valence-electron chi connectivity index (χ2n) is 2.24. The van der Waals surface area contributed by atoms with Crippen LogP contribution in [0.3, 0.4) is 0 Å². The second-order valence-corrected chi connectivity index (χ2v) is 2.24. The van der Waals surface area contributed by atoms with E-state index in [-0.39, 0.29) is 0 Å². The second kappa shape index (κ2) is 6.27. The molecule has 10 heavy (non-hydrogen) atoms. The summed E-state index contributed by atoms with van der Waals surface area (Å²) in [7, 11) is 0. The Morgan fingerprint density at radius 1 is 1.30 bits per heavy atom. The molecule has 0 unspecified atom stereocenters. The average molecular weight is 137 g/mol. The fourth-order valence-electron chi connectivity index (χ4n) is 0.486. The molecular weight excluding hydrogens is 122 g/mol. The van der Waals surface area contributed by atoms with E-state index in [0.717, 1.165) is 12.3 Å². The molecule has 0 N–H and O–H groups in total. The van der Waals surface area contributed by atoms with E-state index in [9.17, 15) is 0 Å². The van der Waals surface area contributed by atoms with E-state index >= 15 is 0 Å². The van der Waals surface area contributed by atoms with Crippen molar-refractivity contribution in [3.05, 3.63) is 24.3 Å². The summed E-state index contributed by atoms with van der Waals surface area (Å²) >= 11 is 0. The van der Waals surface area contributed by atoms with Gasteiger partial charge in [-0.15, -0.1) is 0 Å². The van der Waals surface area contributed by atoms with E-state index in [1.54, 1.807) is 0 Å². The van der Waals surface area contributed by atoms with Crippen LogP contribution >= 0.6 is 0 Å². The number of nitrogens with zero attached hydrogens (tertiary/aromatic N) is 1. The van der Waals surface area contributed by atoms with Crippen molar-refractivity contribution in [2.24, 2.45) is 4.99 Å². The molecule has 56 valence electrons. The van der Waals surface area contributed by atoms with Gasteiger partial charge in [0.25, 0.3) is 0 Å². The Hall–Kier alpha value is -0.850. The van der Waals surface area contributed by atoms with Crippen molar-refractivity contribution in [3.63, 3.8) is 0 Å². The van der Waals surface area contributed by atoms with Crippen molar-refractivity contribution in [3.8, 4) is 0 Å². The van der Waals surface area contributed by atoms with Crippen LogP contribution in [0.15, 0.2) is 29.3 Å². The molecule has 0 aromatic rings. The van der Waals surface area contributed by atoms with Gasteiger partial charge in [-0.25, -0.2) is 0 Å². The zero-order valence-electron chi connectivity index (χ0n) is 6.96. The lowest BCUT2D eigenvalue weighted by atomic mass is 10.4. The third-order valence-corrected chi connectivity index (χ3v) is 0.953. The summed E-state index contributed by atoms with van der Waals surface area (Å²) in [4.78, 5) is 4.19. The number of hydrogen-bond acceptors (Lipinski definition) is 1. The summed E-state index contributed by atoms with van der Waals surface area (Å²) in [5, 5.41) is 0. The SMILES string of the molecule is C/C=C\C=C/CN=C(C)C. The lowest BCUT2D eigenvalue weighted by Gasteiger charge is -1.84. The maximum absolute atomic E-state index is 4.19. The van der Waals surface area contributed by atoms with Gasteiger partial charge in [0, 0.05) is 5.71 Å². The Kier molecular flexibility index (Phi) is 5.74. The molecule has 0 amide bonds. The van der Waals surface area contributed by atoms with Crippen molar-refractivity contribution in [1.82, 2.24) is 0 Å². The molecule has 0 heterocycles. The predicted molar refractivity (Wildman–Crippen MR) is 47.6 cm³/mol. The van der Waals surface area contributed by atoms with Gasteiger partial charge in [0.15, 0.2) is 0 Å². The monoisotopic (exact) mass is 137 g/mol. The molecule has 0 bridgehead atoms. The summed E-state index contributed by atoms with van der Waals surface area (Å²) in [6.45, 7) is 6.80. The average Bonchev–Trinajstić information content (AvgIpc) is 1.87. The predicted octanol–water partition coefficient (Wildman–Crippen LogP) is 2.60. The van der Waals surface area contributed by atoms with Gasteiger partial charge < -0.3 is 0 Å². The Bertz CT molecular complexity index is 148. The first-order valence-electron chi connectivity index (χ1n) is 3.53. The van der Waals surface area contributed by atoms with Crippen molar-refractivity contribution in [2.45, 2.75) is 20.8 Å². The van der Waals surface area contributed by atoms with Crippen molar-refractivity contribution >= 4 is 5.71 Å². The number of rotatable bonds is 3. The standard InChI is InChI=1S/C9H15N/c1-4-5-6-7-8-10-9(2)3/h4-7H,8H2,1-3H3/b5-4-,7-6-. The number of aliphatic imine (C=N–C) groups is 1. The van der Waals surface area contributed by atoms with Gasteiger partial charge in [0.1, 0.15) is 0 Å². The van der Waals surface area contributed by atoms with Crippen LogP contribution in [0.4, 0.5) is 0 Å². The molecule has 0 aliphatic heterocycles. The number of allylic oxidation sites excluding steroid dienone is 3. The van der Waals surface area contributed by atoms with Crippen LogP contribution in [0.5, 0.6) is 0 Å². The first-order valence-corrected chi connectivity index (χ1v) is 3.53. The third-order valence-electron chi connectivity index (χ3n) is 0.953. The van der Waals surface area contributed by atoms with E-state index in [1.807, 2.05) is 45.1 Å². The van der Waals surface area contributed by atoms with E-state index < -0.39 is 0 Å².